The summed E-state index contributed by atoms with van der Waals surface area (Å²) in [4.78, 5) is 27.6. The molecule has 2 rings (SSSR count). The van der Waals surface area contributed by atoms with E-state index in [-0.39, 0.29) is 28.2 Å². The molecule has 1 unspecified atom stereocenters. The van der Waals surface area contributed by atoms with Crippen molar-refractivity contribution in [3.8, 4) is 11.5 Å². The fraction of sp³-hybridized carbons (Fsp3) is 0.667. The van der Waals surface area contributed by atoms with Crippen molar-refractivity contribution in [3.63, 3.8) is 0 Å². The monoisotopic (exact) mass is 592 g/mol. The molecular weight excluding hydrogens is 541 g/mol. The van der Waals surface area contributed by atoms with E-state index in [9.17, 15) is 14.7 Å². The maximum absolute atomic E-state index is 14.0. The quantitative estimate of drug-likeness (QED) is 0.199. The number of hydrogen-bond acceptors (Lipinski definition) is 5. The Hall–Kier alpha value is -2.31. The van der Waals surface area contributed by atoms with Gasteiger partial charge in [0.1, 0.15) is 5.75 Å². The molecule has 0 saturated carbocycles. The lowest BCUT2D eigenvalue weighted by molar-refractivity contribution is 0.0686. The topological polar surface area (TPSA) is 97.3 Å². The third kappa shape index (κ3) is 7.12. The SMILES string of the molecule is C=C1CC(CO[Si](C)(C)C(C)(C)C)N(C(=O)c2cc(OC)c(O[Si](C(C)C)(C(C)C)C(C)C)cc2NC(=O)O)C1. The van der Waals surface area contributed by atoms with Crippen molar-refractivity contribution in [3.05, 3.63) is 29.8 Å². The molecule has 2 N–H and O–H groups in total. The highest BCUT2D eigenvalue weighted by Gasteiger charge is 2.48. The molecule has 1 atom stereocenters. The van der Waals surface area contributed by atoms with E-state index in [0.29, 0.717) is 47.7 Å². The van der Waals surface area contributed by atoms with Crippen molar-refractivity contribution >= 4 is 34.3 Å². The van der Waals surface area contributed by atoms with E-state index in [1.165, 1.54) is 7.11 Å². The van der Waals surface area contributed by atoms with E-state index < -0.39 is 22.7 Å². The number of anilines is 1. The summed E-state index contributed by atoms with van der Waals surface area (Å²) in [7, 11) is -2.88. The van der Waals surface area contributed by atoms with Crippen LogP contribution < -0.4 is 14.5 Å². The summed E-state index contributed by atoms with van der Waals surface area (Å²) in [5.74, 6) is 0.565. The van der Waals surface area contributed by atoms with Gasteiger partial charge in [0.05, 0.1) is 31.0 Å². The van der Waals surface area contributed by atoms with Crippen LogP contribution in [0.15, 0.2) is 24.3 Å². The highest BCUT2D eigenvalue weighted by atomic mass is 28.4. The Balaban J connectivity index is 2.56. The Bertz CT molecular complexity index is 1070. The smallest absolute Gasteiger partial charge is 0.409 e. The lowest BCUT2D eigenvalue weighted by atomic mass is 10.1. The van der Waals surface area contributed by atoms with E-state index in [4.69, 9.17) is 13.6 Å². The Morgan fingerprint density at radius 2 is 1.62 bits per heavy atom. The van der Waals surface area contributed by atoms with Crippen LogP contribution in [0.4, 0.5) is 10.5 Å². The molecule has 1 heterocycles. The molecule has 1 aromatic carbocycles. The molecule has 1 aliphatic rings. The lowest BCUT2D eigenvalue weighted by Crippen LogP contribution is -2.50. The van der Waals surface area contributed by atoms with Gasteiger partial charge in [0, 0.05) is 12.6 Å². The molecule has 2 amide bonds. The fourth-order valence-corrected chi connectivity index (χ4v) is 12.0. The number of nitrogens with zero attached hydrogens (tertiary/aromatic N) is 1. The molecule has 1 fully saturated rings. The average molecular weight is 593 g/mol. The van der Waals surface area contributed by atoms with Gasteiger partial charge < -0.3 is 23.6 Å². The maximum Gasteiger partial charge on any atom is 0.409 e. The number of ether oxygens (including phenoxy) is 1. The van der Waals surface area contributed by atoms with Crippen molar-refractivity contribution in [1.29, 1.82) is 0 Å². The van der Waals surface area contributed by atoms with Gasteiger partial charge in [-0.15, -0.1) is 0 Å². The first kappa shape index (κ1) is 33.9. The fourth-order valence-electron chi connectivity index (χ4n) is 5.68. The number of carbonyl (C=O) groups excluding carboxylic acids is 1. The van der Waals surface area contributed by atoms with Crippen LogP contribution in [0.25, 0.3) is 0 Å². The number of rotatable bonds is 11. The van der Waals surface area contributed by atoms with E-state index in [1.807, 2.05) is 0 Å². The molecular formula is C30H52N2O6Si2. The number of likely N-dealkylation sites (tertiary alicyclic amines) is 1. The summed E-state index contributed by atoms with van der Waals surface area (Å²) in [6.45, 7) is 29.0. The van der Waals surface area contributed by atoms with Gasteiger partial charge in [0.2, 0.25) is 0 Å². The summed E-state index contributed by atoms with van der Waals surface area (Å²) in [6, 6.07) is 3.04. The molecule has 1 aromatic rings. The molecule has 1 saturated heterocycles. The van der Waals surface area contributed by atoms with Crippen LogP contribution >= 0.6 is 0 Å². The van der Waals surface area contributed by atoms with Crippen LogP contribution in [0, 0.1) is 0 Å². The molecule has 226 valence electrons. The third-order valence-corrected chi connectivity index (χ3v) is 19.3. The summed E-state index contributed by atoms with van der Waals surface area (Å²) in [6.07, 6.45) is -0.611. The molecule has 0 bridgehead atoms. The highest BCUT2D eigenvalue weighted by Crippen LogP contribution is 2.46. The third-order valence-electron chi connectivity index (χ3n) is 8.83. The summed E-state index contributed by atoms with van der Waals surface area (Å²) < 4.78 is 19.1. The van der Waals surface area contributed by atoms with Gasteiger partial charge in [0.15, 0.2) is 14.1 Å². The van der Waals surface area contributed by atoms with Crippen molar-refractivity contribution in [2.75, 3.05) is 25.6 Å². The highest BCUT2D eigenvalue weighted by molar-refractivity contribution is 6.78. The summed E-state index contributed by atoms with van der Waals surface area (Å²) in [5.41, 5.74) is 2.22. The molecule has 0 radical (unpaired) electrons. The van der Waals surface area contributed by atoms with Gasteiger partial charge in [-0.2, -0.15) is 0 Å². The van der Waals surface area contributed by atoms with Crippen LogP contribution in [0.1, 0.15) is 79.1 Å². The molecule has 8 nitrogen and oxygen atoms in total. The molecule has 10 heteroatoms. The number of carboxylic acid groups (broad SMARTS) is 1. The van der Waals surface area contributed by atoms with E-state index >= 15 is 0 Å². The van der Waals surface area contributed by atoms with E-state index in [2.05, 4.69) is 87.3 Å². The Morgan fingerprint density at radius 3 is 2.08 bits per heavy atom. The minimum absolute atomic E-state index is 0.0414. The number of carbonyl (C=O) groups is 2. The Kier molecular flexibility index (Phi) is 10.8. The van der Waals surface area contributed by atoms with Crippen LogP contribution in [-0.4, -0.2) is 64.9 Å². The van der Waals surface area contributed by atoms with Crippen molar-refractivity contribution in [2.24, 2.45) is 0 Å². The first-order chi connectivity index (χ1) is 18.3. The zero-order chi connectivity index (χ0) is 30.8. The molecule has 0 spiro atoms. The Labute approximate surface area is 243 Å². The zero-order valence-electron chi connectivity index (χ0n) is 26.7. The maximum atomic E-state index is 14.0. The summed E-state index contributed by atoms with van der Waals surface area (Å²) in [5, 5.41) is 12.2. The minimum atomic E-state index is -2.39. The van der Waals surface area contributed by atoms with Crippen molar-refractivity contribution in [1.82, 2.24) is 4.90 Å². The van der Waals surface area contributed by atoms with Gasteiger partial charge in [0.25, 0.3) is 14.2 Å². The van der Waals surface area contributed by atoms with Crippen LogP contribution in [0.3, 0.4) is 0 Å². The normalized spacial score (nSPS) is 16.7. The largest absolute Gasteiger partial charge is 0.540 e. The van der Waals surface area contributed by atoms with Gasteiger partial charge in [-0.3, -0.25) is 10.1 Å². The molecule has 0 aliphatic carbocycles. The van der Waals surface area contributed by atoms with Crippen LogP contribution in [0.2, 0.25) is 34.8 Å². The molecule has 40 heavy (non-hydrogen) atoms. The van der Waals surface area contributed by atoms with Gasteiger partial charge in [-0.05, 0) is 47.2 Å². The van der Waals surface area contributed by atoms with E-state index in [1.54, 1.807) is 17.0 Å². The van der Waals surface area contributed by atoms with Gasteiger partial charge in [-0.25, -0.2) is 4.79 Å². The lowest BCUT2D eigenvalue weighted by Gasteiger charge is -2.42. The minimum Gasteiger partial charge on any atom is -0.540 e. The van der Waals surface area contributed by atoms with Gasteiger partial charge >= 0.3 is 6.09 Å². The predicted molar refractivity (Wildman–Crippen MR) is 168 cm³/mol. The van der Waals surface area contributed by atoms with E-state index in [0.717, 1.165) is 5.57 Å². The standard InChI is InChI=1S/C30H52N2O6Si2/c1-19(2)40(20(3)4,21(5)6)38-27-16-25(31-29(34)35)24(15-26(27)36-11)28(33)32-17-22(7)14-23(32)18-37-39(12,13)30(8,9)10/h15-16,19-21,23,31H,7,14,17-18H2,1-6,8-13H3,(H,34,35). The number of methoxy groups -OCH3 is 1. The number of hydrogen-bond donors (Lipinski definition) is 2. The number of benzene rings is 1. The van der Waals surface area contributed by atoms with Crippen LogP contribution in [-0.2, 0) is 4.43 Å². The van der Waals surface area contributed by atoms with Crippen LogP contribution in [0.5, 0.6) is 11.5 Å². The second-order valence-corrected chi connectivity index (χ2v) is 23.7. The second-order valence-electron chi connectivity index (χ2n) is 13.5. The molecule has 1 aliphatic heterocycles. The first-order valence-electron chi connectivity index (χ1n) is 14.3. The first-order valence-corrected chi connectivity index (χ1v) is 19.4. The number of nitrogens with one attached hydrogen (secondary N) is 1. The average Bonchev–Trinajstić information content (AvgIpc) is 3.19. The second kappa shape index (κ2) is 12.7. The summed E-state index contributed by atoms with van der Waals surface area (Å²) >= 11 is 0. The zero-order valence-corrected chi connectivity index (χ0v) is 28.7. The number of amides is 2. The van der Waals surface area contributed by atoms with Crippen molar-refractivity contribution < 1.29 is 28.3 Å². The van der Waals surface area contributed by atoms with Crippen molar-refractivity contribution in [2.45, 2.75) is 110 Å². The van der Waals surface area contributed by atoms with Gasteiger partial charge in [-0.1, -0.05) is 74.5 Å². The molecule has 0 aromatic heterocycles. The Morgan fingerprint density at radius 1 is 1.07 bits per heavy atom. The predicted octanol–water partition coefficient (Wildman–Crippen LogP) is 8.13.